The molecule has 0 fully saturated rings. The summed E-state index contributed by atoms with van der Waals surface area (Å²) in [7, 11) is 0. The van der Waals surface area contributed by atoms with E-state index in [1.165, 1.54) is 0 Å². The Balaban J connectivity index is 2.49. The largest absolute Gasteiger partial charge is 0.430 e. The summed E-state index contributed by atoms with van der Waals surface area (Å²) < 4.78 is 4.69. The van der Waals surface area contributed by atoms with Gasteiger partial charge in [0, 0.05) is 0 Å². The monoisotopic (exact) mass is 176 g/mol. The lowest BCUT2D eigenvalue weighted by atomic mass is 10.4. The van der Waals surface area contributed by atoms with Gasteiger partial charge in [-0.15, -0.1) is 0 Å². The highest BCUT2D eigenvalue weighted by molar-refractivity contribution is 9.09. The number of alkyl halides is 1. The van der Waals surface area contributed by atoms with Crippen LogP contribution in [0.4, 0.5) is 0 Å². The molecule has 0 atom stereocenters. The van der Waals surface area contributed by atoms with Crippen LogP contribution in [0.2, 0.25) is 0 Å². The van der Waals surface area contributed by atoms with E-state index in [-0.39, 0.29) is 5.97 Å². The first-order chi connectivity index (χ1) is 3.83. The summed E-state index contributed by atoms with van der Waals surface area (Å²) in [6.45, 7) is 0. The number of carbonyl (C=O) groups excluding carboxylic acids is 1. The fourth-order valence-corrected chi connectivity index (χ4v) is 0.852. The molecule has 0 amide bonds. The van der Waals surface area contributed by atoms with Gasteiger partial charge in [-0.25, -0.2) is 0 Å². The third kappa shape index (κ3) is 1.10. The van der Waals surface area contributed by atoms with Crippen LogP contribution in [0.3, 0.4) is 0 Å². The Hall–Kier alpha value is -0.310. The average molecular weight is 177 g/mol. The lowest BCUT2D eigenvalue weighted by Crippen LogP contribution is -1.93. The number of halogens is 1. The molecule has 0 unspecified atom stereocenters. The number of esters is 1. The van der Waals surface area contributed by atoms with E-state index in [0.29, 0.717) is 11.8 Å². The highest BCUT2D eigenvalue weighted by Gasteiger charge is 2.11. The van der Waals surface area contributed by atoms with Crippen molar-refractivity contribution >= 4 is 21.9 Å². The van der Waals surface area contributed by atoms with Crippen molar-refractivity contribution in [3.05, 3.63) is 11.8 Å². The molecule has 0 aliphatic carbocycles. The fraction of sp³-hybridized carbons (Fsp3) is 0.400. The maximum Gasteiger partial charge on any atom is 0.314 e. The molecule has 0 aromatic heterocycles. The van der Waals surface area contributed by atoms with Gasteiger partial charge in [0.05, 0.1) is 11.8 Å². The lowest BCUT2D eigenvalue weighted by molar-refractivity contribution is -0.136. The molecule has 8 heavy (non-hydrogen) atoms. The number of carbonyl (C=O) groups is 1. The molecule has 0 saturated heterocycles. The van der Waals surface area contributed by atoms with E-state index in [2.05, 4.69) is 20.7 Å². The van der Waals surface area contributed by atoms with E-state index in [4.69, 9.17) is 0 Å². The van der Waals surface area contributed by atoms with Crippen LogP contribution in [-0.2, 0) is 9.53 Å². The quantitative estimate of drug-likeness (QED) is 0.444. The smallest absolute Gasteiger partial charge is 0.314 e. The summed E-state index contributed by atoms with van der Waals surface area (Å²) in [5, 5.41) is 0.638. The molecular formula is C5H5BrO2. The van der Waals surface area contributed by atoms with Gasteiger partial charge in [0.2, 0.25) is 0 Å². The topological polar surface area (TPSA) is 26.3 Å². The predicted octanol–water partition coefficient (Wildman–Crippen LogP) is 1.21. The van der Waals surface area contributed by atoms with Crippen molar-refractivity contribution in [2.24, 2.45) is 0 Å². The number of hydrogen-bond donors (Lipinski definition) is 0. The van der Waals surface area contributed by atoms with Crippen LogP contribution >= 0.6 is 15.9 Å². The number of cyclic esters (lactones) is 1. The first-order valence-corrected chi connectivity index (χ1v) is 3.41. The summed E-state index contributed by atoms with van der Waals surface area (Å²) in [6, 6.07) is 0. The second kappa shape index (κ2) is 2.31. The standard InChI is InChI=1S/C5H5BrO2/c6-3-4-1-2-5(7)8-4/h1H,2-3H2. The van der Waals surface area contributed by atoms with Crippen molar-refractivity contribution in [3.8, 4) is 0 Å². The Morgan fingerprint density at radius 3 is 2.88 bits per heavy atom. The zero-order valence-corrected chi connectivity index (χ0v) is 5.77. The molecule has 1 rings (SSSR count). The molecule has 2 nitrogen and oxygen atoms in total. The lowest BCUT2D eigenvalue weighted by Gasteiger charge is -1.92. The van der Waals surface area contributed by atoms with E-state index in [9.17, 15) is 4.79 Å². The first kappa shape index (κ1) is 5.82. The summed E-state index contributed by atoms with van der Waals surface area (Å²) in [4.78, 5) is 10.3. The van der Waals surface area contributed by atoms with Crippen molar-refractivity contribution in [3.63, 3.8) is 0 Å². The third-order valence-corrected chi connectivity index (χ3v) is 1.43. The molecule has 0 bridgehead atoms. The van der Waals surface area contributed by atoms with Gasteiger partial charge in [0.25, 0.3) is 0 Å². The average Bonchev–Trinajstić information content (AvgIpc) is 2.14. The molecule has 0 spiro atoms. The van der Waals surface area contributed by atoms with Gasteiger partial charge in [-0.2, -0.15) is 0 Å². The van der Waals surface area contributed by atoms with E-state index in [1.807, 2.05) is 0 Å². The van der Waals surface area contributed by atoms with Gasteiger partial charge in [0.15, 0.2) is 0 Å². The van der Waals surface area contributed by atoms with Crippen LogP contribution in [-0.4, -0.2) is 11.3 Å². The Bertz CT molecular complexity index is 139. The highest BCUT2D eigenvalue weighted by atomic mass is 79.9. The van der Waals surface area contributed by atoms with Gasteiger partial charge in [-0.05, 0) is 6.08 Å². The summed E-state index contributed by atoms with van der Waals surface area (Å²) >= 11 is 3.16. The third-order valence-electron chi connectivity index (χ3n) is 0.873. The summed E-state index contributed by atoms with van der Waals surface area (Å²) in [6.07, 6.45) is 2.21. The molecule has 3 heteroatoms. The molecule has 0 aromatic carbocycles. The maximum absolute atomic E-state index is 10.3. The molecule has 44 valence electrons. The molecule has 1 aliphatic heterocycles. The Kier molecular flexibility index (Phi) is 1.68. The van der Waals surface area contributed by atoms with Crippen LogP contribution in [0.5, 0.6) is 0 Å². The Morgan fingerprint density at radius 1 is 1.88 bits per heavy atom. The van der Waals surface area contributed by atoms with Crippen LogP contribution in [0, 0.1) is 0 Å². The van der Waals surface area contributed by atoms with Crippen molar-refractivity contribution in [1.29, 1.82) is 0 Å². The van der Waals surface area contributed by atoms with Gasteiger partial charge in [-0.3, -0.25) is 4.79 Å². The molecular weight excluding hydrogens is 172 g/mol. The van der Waals surface area contributed by atoms with Crippen LogP contribution in [0.25, 0.3) is 0 Å². The molecule has 0 saturated carbocycles. The number of allylic oxidation sites excluding steroid dienone is 1. The zero-order chi connectivity index (χ0) is 5.98. The van der Waals surface area contributed by atoms with E-state index in [0.717, 1.165) is 5.76 Å². The van der Waals surface area contributed by atoms with Gasteiger partial charge >= 0.3 is 5.97 Å². The summed E-state index contributed by atoms with van der Waals surface area (Å²) in [5.74, 6) is 0.578. The molecule has 0 N–H and O–H groups in total. The van der Waals surface area contributed by atoms with Crippen molar-refractivity contribution in [1.82, 2.24) is 0 Å². The number of rotatable bonds is 1. The van der Waals surface area contributed by atoms with E-state index in [1.54, 1.807) is 6.08 Å². The van der Waals surface area contributed by atoms with Gasteiger partial charge in [0.1, 0.15) is 5.76 Å². The first-order valence-electron chi connectivity index (χ1n) is 2.28. The second-order valence-electron chi connectivity index (χ2n) is 1.48. The number of hydrogen-bond acceptors (Lipinski definition) is 2. The molecule has 0 radical (unpaired) electrons. The van der Waals surface area contributed by atoms with Crippen molar-refractivity contribution in [2.75, 3.05) is 5.33 Å². The molecule has 1 heterocycles. The second-order valence-corrected chi connectivity index (χ2v) is 2.04. The molecule has 1 aliphatic rings. The van der Waals surface area contributed by atoms with Crippen LogP contribution in [0.15, 0.2) is 11.8 Å². The maximum atomic E-state index is 10.3. The highest BCUT2D eigenvalue weighted by Crippen LogP contribution is 2.11. The SMILES string of the molecule is O=C1CC=C(CBr)O1. The van der Waals surface area contributed by atoms with Crippen molar-refractivity contribution < 1.29 is 9.53 Å². The van der Waals surface area contributed by atoms with Gasteiger partial charge < -0.3 is 4.74 Å². The van der Waals surface area contributed by atoms with Crippen LogP contribution < -0.4 is 0 Å². The normalized spacial score (nSPS) is 18.1. The predicted molar refractivity (Wildman–Crippen MR) is 32.6 cm³/mol. The van der Waals surface area contributed by atoms with Gasteiger partial charge in [-0.1, -0.05) is 15.9 Å². The zero-order valence-electron chi connectivity index (χ0n) is 4.19. The minimum absolute atomic E-state index is 0.153. The van der Waals surface area contributed by atoms with E-state index >= 15 is 0 Å². The summed E-state index contributed by atoms with van der Waals surface area (Å²) in [5.41, 5.74) is 0. The number of ether oxygens (including phenoxy) is 1. The van der Waals surface area contributed by atoms with Crippen molar-refractivity contribution in [2.45, 2.75) is 6.42 Å². The fourth-order valence-electron chi connectivity index (χ4n) is 0.509. The Morgan fingerprint density at radius 2 is 2.62 bits per heavy atom. The minimum Gasteiger partial charge on any atom is -0.430 e. The Labute approximate surface area is 55.6 Å². The van der Waals surface area contributed by atoms with Crippen LogP contribution in [0.1, 0.15) is 6.42 Å². The minimum atomic E-state index is -0.153. The molecule has 0 aromatic rings. The van der Waals surface area contributed by atoms with E-state index < -0.39 is 0 Å².